The number of rotatable bonds is 6. The number of ether oxygens (including phenoxy) is 1. The number of alkyl halides is 3. The van der Waals surface area contributed by atoms with Gasteiger partial charge in [-0.15, -0.1) is 0 Å². The van der Waals surface area contributed by atoms with Crippen molar-refractivity contribution in [2.45, 2.75) is 38.7 Å². The topological polar surface area (TPSA) is 168 Å². The smallest absolute Gasteiger partial charge is 0.454 e. The Morgan fingerprint density at radius 3 is 2.62 bits per heavy atom. The fraction of sp³-hybridized carbons (Fsp3) is 0.333. The van der Waals surface area contributed by atoms with Gasteiger partial charge in [0.15, 0.2) is 17.3 Å². The van der Waals surface area contributed by atoms with Gasteiger partial charge in [0.1, 0.15) is 12.1 Å². The number of likely N-dealkylation sites (tertiary alicyclic amines) is 1. The van der Waals surface area contributed by atoms with Crippen LogP contribution in [-0.2, 0) is 22.7 Å². The summed E-state index contributed by atoms with van der Waals surface area (Å²) in [5.41, 5.74) is 13.9. The van der Waals surface area contributed by atoms with Crippen LogP contribution in [0.15, 0.2) is 35.1 Å². The quantitative estimate of drug-likeness (QED) is 0.344. The molecule has 1 fully saturated rings. The van der Waals surface area contributed by atoms with E-state index in [2.05, 4.69) is 20.0 Å². The van der Waals surface area contributed by atoms with Gasteiger partial charge in [0.25, 0.3) is 5.91 Å². The number of hydrogen-bond donors (Lipinski definition) is 2. The van der Waals surface area contributed by atoms with Crippen LogP contribution in [0.4, 0.5) is 19.0 Å². The highest BCUT2D eigenvalue weighted by atomic mass is 19.4. The molecule has 3 aromatic heterocycles. The summed E-state index contributed by atoms with van der Waals surface area (Å²) in [5, 5.41) is 7.47. The van der Waals surface area contributed by atoms with E-state index in [1.54, 1.807) is 27.7 Å². The lowest BCUT2D eigenvalue weighted by molar-refractivity contribution is -0.201. The molecule has 5 rings (SSSR count). The van der Waals surface area contributed by atoms with E-state index < -0.39 is 18.8 Å². The van der Waals surface area contributed by atoms with Crippen LogP contribution in [0.25, 0.3) is 33.8 Å². The summed E-state index contributed by atoms with van der Waals surface area (Å²) in [7, 11) is 0. The SMILES string of the molecule is CCn1c(-c2nonc2N)nc2c(-c3ccccc3COC(=O)C(F)(F)F)ncc(C(=O)N3CCC(N)C3)c21. The standard InChI is InChI=1S/C24H23F3N8O4/c1-2-35-19-15(22(36)34-8-7-13(28)10-34)9-30-16(17(19)31-21(35)18-20(29)33-39-32-18)14-6-4-3-5-12(14)11-38-23(37)24(25,26)27/h3-6,9,13H,2,7-8,10-11,28H2,1H3,(H2,29,33). The van der Waals surface area contributed by atoms with Crippen molar-refractivity contribution in [1.29, 1.82) is 0 Å². The number of carbonyl (C=O) groups excluding carboxylic acids is 2. The van der Waals surface area contributed by atoms with E-state index in [9.17, 15) is 22.8 Å². The number of carbonyl (C=O) groups is 2. The van der Waals surface area contributed by atoms with Crippen molar-refractivity contribution >= 4 is 28.7 Å². The number of pyridine rings is 1. The second-order valence-corrected chi connectivity index (χ2v) is 8.93. The Labute approximate surface area is 218 Å². The van der Waals surface area contributed by atoms with Crippen LogP contribution < -0.4 is 11.5 Å². The normalized spacial score (nSPS) is 15.7. The van der Waals surface area contributed by atoms with Crippen LogP contribution >= 0.6 is 0 Å². The van der Waals surface area contributed by atoms with Crippen LogP contribution in [-0.4, -0.2) is 66.9 Å². The molecule has 1 saturated heterocycles. The molecule has 4 N–H and O–H groups in total. The van der Waals surface area contributed by atoms with Crippen LogP contribution in [0, 0.1) is 0 Å². The molecule has 1 amide bonds. The number of nitrogen functional groups attached to an aromatic ring is 1. The Bertz CT molecular complexity index is 1560. The zero-order chi connectivity index (χ0) is 27.9. The van der Waals surface area contributed by atoms with E-state index in [0.717, 1.165) is 0 Å². The summed E-state index contributed by atoms with van der Waals surface area (Å²) < 4.78 is 49.2. The van der Waals surface area contributed by atoms with Crippen LogP contribution in [0.1, 0.15) is 29.3 Å². The molecule has 0 bridgehead atoms. The van der Waals surface area contributed by atoms with Crippen molar-refractivity contribution in [3.05, 3.63) is 41.6 Å². The summed E-state index contributed by atoms with van der Waals surface area (Å²) in [6, 6.07) is 6.21. The van der Waals surface area contributed by atoms with Gasteiger partial charge in [-0.25, -0.2) is 14.4 Å². The van der Waals surface area contributed by atoms with Crippen molar-refractivity contribution in [2.24, 2.45) is 5.73 Å². The number of hydrogen-bond acceptors (Lipinski definition) is 10. The molecule has 39 heavy (non-hydrogen) atoms. The van der Waals surface area contributed by atoms with Crippen molar-refractivity contribution in [3.8, 4) is 22.8 Å². The van der Waals surface area contributed by atoms with Crippen molar-refractivity contribution in [2.75, 3.05) is 18.8 Å². The van der Waals surface area contributed by atoms with E-state index in [1.807, 2.05) is 6.92 Å². The summed E-state index contributed by atoms with van der Waals surface area (Å²) in [6.45, 7) is 2.36. The summed E-state index contributed by atoms with van der Waals surface area (Å²) in [6.07, 6.45) is -3.09. The molecule has 204 valence electrons. The van der Waals surface area contributed by atoms with Gasteiger partial charge in [-0.1, -0.05) is 24.3 Å². The lowest BCUT2D eigenvalue weighted by Crippen LogP contribution is -2.32. The average Bonchev–Trinajstić information content (AvgIpc) is 3.63. The Morgan fingerprint density at radius 1 is 1.21 bits per heavy atom. The van der Waals surface area contributed by atoms with Gasteiger partial charge in [-0.3, -0.25) is 9.78 Å². The molecular formula is C24H23F3N8O4. The van der Waals surface area contributed by atoms with Gasteiger partial charge in [-0.2, -0.15) is 13.2 Å². The lowest BCUT2D eigenvalue weighted by atomic mass is 10.0. The minimum atomic E-state index is -5.14. The third-order valence-electron chi connectivity index (χ3n) is 6.42. The largest absolute Gasteiger partial charge is 0.490 e. The van der Waals surface area contributed by atoms with Crippen LogP contribution in [0.2, 0.25) is 0 Å². The number of aromatic nitrogens is 5. The predicted molar refractivity (Wildman–Crippen MR) is 131 cm³/mol. The molecule has 4 heterocycles. The average molecular weight is 544 g/mol. The van der Waals surface area contributed by atoms with Crippen molar-refractivity contribution in [3.63, 3.8) is 0 Å². The van der Waals surface area contributed by atoms with Gasteiger partial charge in [0, 0.05) is 37.4 Å². The molecule has 15 heteroatoms. The van der Waals surface area contributed by atoms with Gasteiger partial charge in [0.05, 0.1) is 16.8 Å². The number of nitrogens with two attached hydrogens (primary N) is 2. The Balaban J connectivity index is 1.69. The molecule has 1 aliphatic rings. The number of esters is 1. The number of fused-ring (bicyclic) bond motifs is 1. The lowest BCUT2D eigenvalue weighted by Gasteiger charge is -2.18. The number of amides is 1. The Hall–Kier alpha value is -4.53. The number of imidazole rings is 1. The molecule has 1 aliphatic heterocycles. The second-order valence-electron chi connectivity index (χ2n) is 8.93. The molecule has 12 nitrogen and oxygen atoms in total. The predicted octanol–water partition coefficient (Wildman–Crippen LogP) is 2.53. The third kappa shape index (κ3) is 4.76. The first-order chi connectivity index (χ1) is 18.6. The molecule has 1 unspecified atom stereocenters. The highest BCUT2D eigenvalue weighted by Crippen LogP contribution is 2.36. The fourth-order valence-electron chi connectivity index (χ4n) is 4.58. The molecule has 0 spiro atoms. The van der Waals surface area contributed by atoms with Gasteiger partial charge < -0.3 is 25.7 Å². The monoisotopic (exact) mass is 544 g/mol. The van der Waals surface area contributed by atoms with Crippen molar-refractivity contribution in [1.82, 2.24) is 29.7 Å². The summed E-state index contributed by atoms with van der Waals surface area (Å²) in [4.78, 5) is 35.8. The fourth-order valence-corrected chi connectivity index (χ4v) is 4.58. The maximum absolute atomic E-state index is 13.6. The van der Waals surface area contributed by atoms with E-state index in [1.165, 1.54) is 12.3 Å². The zero-order valence-corrected chi connectivity index (χ0v) is 20.6. The molecule has 0 radical (unpaired) electrons. The number of halogens is 3. The van der Waals surface area contributed by atoms with E-state index in [-0.39, 0.29) is 51.6 Å². The second kappa shape index (κ2) is 9.98. The maximum Gasteiger partial charge on any atom is 0.490 e. The molecule has 1 aromatic carbocycles. The highest BCUT2D eigenvalue weighted by Gasteiger charge is 2.41. The van der Waals surface area contributed by atoms with E-state index >= 15 is 0 Å². The molecular weight excluding hydrogens is 521 g/mol. The zero-order valence-electron chi connectivity index (χ0n) is 20.6. The van der Waals surface area contributed by atoms with Gasteiger partial charge in [0.2, 0.25) is 0 Å². The number of anilines is 1. The van der Waals surface area contributed by atoms with Gasteiger partial charge in [-0.05, 0) is 29.2 Å². The van der Waals surface area contributed by atoms with Crippen LogP contribution in [0.3, 0.4) is 0 Å². The molecule has 1 atom stereocenters. The minimum absolute atomic E-state index is 0.0210. The molecule has 0 saturated carbocycles. The van der Waals surface area contributed by atoms with Gasteiger partial charge >= 0.3 is 12.1 Å². The van der Waals surface area contributed by atoms with E-state index in [4.69, 9.17) is 21.1 Å². The highest BCUT2D eigenvalue weighted by molar-refractivity contribution is 6.08. The molecule has 4 aromatic rings. The van der Waals surface area contributed by atoms with Crippen molar-refractivity contribution < 1.29 is 32.1 Å². The first-order valence-corrected chi connectivity index (χ1v) is 11.9. The number of aryl methyl sites for hydroxylation is 1. The molecule has 0 aliphatic carbocycles. The number of nitrogens with zero attached hydrogens (tertiary/aromatic N) is 6. The third-order valence-corrected chi connectivity index (χ3v) is 6.42. The van der Waals surface area contributed by atoms with E-state index in [0.29, 0.717) is 37.1 Å². The number of benzene rings is 1. The maximum atomic E-state index is 13.6. The van der Waals surface area contributed by atoms with Crippen LogP contribution in [0.5, 0.6) is 0 Å². The summed E-state index contributed by atoms with van der Waals surface area (Å²) in [5.74, 6) is -2.38. The minimum Gasteiger partial charge on any atom is -0.454 e. The summed E-state index contributed by atoms with van der Waals surface area (Å²) >= 11 is 0. The first kappa shape index (κ1) is 26.1. The Morgan fingerprint density at radius 2 is 1.97 bits per heavy atom. The first-order valence-electron chi connectivity index (χ1n) is 11.9. The Kier molecular flexibility index (Phi) is 6.68.